The third-order valence-corrected chi connectivity index (χ3v) is 7.32. The summed E-state index contributed by atoms with van der Waals surface area (Å²) in [5, 5.41) is 0. The van der Waals surface area contributed by atoms with Crippen molar-refractivity contribution in [1.29, 1.82) is 0 Å². The van der Waals surface area contributed by atoms with E-state index in [1.165, 1.54) is 41.6 Å². The molecule has 0 N–H and O–H groups in total. The molecule has 0 aliphatic carbocycles. The Bertz CT molecular complexity index is 1410. The molecule has 0 fully saturated rings. The normalized spacial score (nSPS) is 11.9. The maximum Gasteiger partial charge on any atom is 0.416 e. The Morgan fingerprint density at radius 2 is 1.32 bits per heavy atom. The molecule has 3 aromatic carbocycles. The van der Waals surface area contributed by atoms with Gasteiger partial charge in [0.2, 0.25) is 5.75 Å². The van der Waals surface area contributed by atoms with Crippen molar-refractivity contribution in [2.45, 2.75) is 16.8 Å². The molecule has 0 saturated heterocycles. The predicted molar refractivity (Wildman–Crippen MR) is 137 cm³/mol. The summed E-state index contributed by atoms with van der Waals surface area (Å²) in [6.45, 7) is 0. The molecule has 0 amide bonds. The molecule has 38 heavy (non-hydrogen) atoms. The highest BCUT2D eigenvalue weighted by Crippen LogP contribution is 2.39. The van der Waals surface area contributed by atoms with Gasteiger partial charge in [-0.05, 0) is 59.2 Å². The van der Waals surface area contributed by atoms with Crippen molar-refractivity contribution < 1.29 is 45.3 Å². The lowest BCUT2D eigenvalue weighted by molar-refractivity contribution is -0.137. The maximum absolute atomic E-state index is 13.2. The fraction of sp³-hybridized carbons (Fsp3) is 0.259. The highest BCUT2D eigenvalue weighted by Gasteiger charge is 2.32. The average molecular weight is 553 g/mol. The molecular formula is C27H27F3O7S. The largest absolute Gasteiger partial charge is 0.493 e. The standard InChI is InChI=1S/C27H27F3O7S/c1-33-22-13-18(10-9-17-11-24(35-3)26(37-5)25(12-17)36-4)19(14-23(22)34-2)16-38(31,32)21-8-6-7-20(15-21)27(28,29)30/h6-15H,16H2,1-5H3/b10-9-. The van der Waals surface area contributed by atoms with Crippen molar-refractivity contribution >= 4 is 22.0 Å². The molecule has 0 unspecified atom stereocenters. The Hall–Kier alpha value is -3.86. The van der Waals surface area contributed by atoms with Crippen molar-refractivity contribution in [1.82, 2.24) is 0 Å². The number of methoxy groups -OCH3 is 5. The second-order valence-corrected chi connectivity index (χ2v) is 9.97. The topological polar surface area (TPSA) is 80.3 Å². The summed E-state index contributed by atoms with van der Waals surface area (Å²) in [5.41, 5.74) is 0.352. The molecule has 0 bridgehead atoms. The van der Waals surface area contributed by atoms with Gasteiger partial charge in [-0.2, -0.15) is 13.2 Å². The average Bonchev–Trinajstić information content (AvgIpc) is 2.90. The van der Waals surface area contributed by atoms with Crippen LogP contribution in [0.3, 0.4) is 0 Å². The van der Waals surface area contributed by atoms with E-state index in [0.717, 1.165) is 18.2 Å². The van der Waals surface area contributed by atoms with Crippen LogP contribution in [0.4, 0.5) is 13.2 Å². The molecule has 7 nitrogen and oxygen atoms in total. The van der Waals surface area contributed by atoms with Gasteiger partial charge in [-0.25, -0.2) is 8.42 Å². The molecule has 3 rings (SSSR count). The Morgan fingerprint density at radius 3 is 1.84 bits per heavy atom. The molecular weight excluding hydrogens is 525 g/mol. The molecule has 0 aromatic heterocycles. The molecule has 0 atom stereocenters. The van der Waals surface area contributed by atoms with Crippen LogP contribution in [0.2, 0.25) is 0 Å². The molecule has 0 heterocycles. The number of hydrogen-bond donors (Lipinski definition) is 0. The zero-order valence-corrected chi connectivity index (χ0v) is 22.2. The van der Waals surface area contributed by atoms with Crippen LogP contribution < -0.4 is 23.7 Å². The van der Waals surface area contributed by atoms with Crippen LogP contribution in [0.1, 0.15) is 22.3 Å². The van der Waals surface area contributed by atoms with E-state index >= 15 is 0 Å². The van der Waals surface area contributed by atoms with E-state index in [4.69, 9.17) is 23.7 Å². The lowest BCUT2D eigenvalue weighted by Gasteiger charge is -2.15. The van der Waals surface area contributed by atoms with Crippen molar-refractivity contribution in [3.63, 3.8) is 0 Å². The van der Waals surface area contributed by atoms with Gasteiger partial charge in [0.15, 0.2) is 32.8 Å². The zero-order chi connectivity index (χ0) is 28.1. The minimum absolute atomic E-state index is 0.270. The fourth-order valence-corrected chi connectivity index (χ4v) is 5.17. The van der Waals surface area contributed by atoms with Gasteiger partial charge in [0.1, 0.15) is 0 Å². The Morgan fingerprint density at radius 1 is 0.737 bits per heavy atom. The van der Waals surface area contributed by atoms with Crippen molar-refractivity contribution in [3.8, 4) is 28.7 Å². The summed E-state index contributed by atoms with van der Waals surface area (Å²) >= 11 is 0. The quantitative estimate of drug-likeness (QED) is 0.290. The first-order valence-electron chi connectivity index (χ1n) is 11.1. The summed E-state index contributed by atoms with van der Waals surface area (Å²) in [6, 6.07) is 10.1. The van der Waals surface area contributed by atoms with E-state index < -0.39 is 32.2 Å². The summed E-state index contributed by atoms with van der Waals surface area (Å²) in [7, 11) is 3.11. The summed E-state index contributed by atoms with van der Waals surface area (Å²) < 4.78 is 92.7. The molecule has 0 spiro atoms. The number of halogens is 3. The molecule has 0 saturated carbocycles. The fourth-order valence-electron chi connectivity index (χ4n) is 3.75. The lowest BCUT2D eigenvalue weighted by Crippen LogP contribution is -2.10. The second kappa shape index (κ2) is 11.7. The van der Waals surface area contributed by atoms with Gasteiger partial charge in [-0.15, -0.1) is 0 Å². The molecule has 0 aliphatic heterocycles. The first-order chi connectivity index (χ1) is 18.0. The Balaban J connectivity index is 2.09. The highest BCUT2D eigenvalue weighted by molar-refractivity contribution is 7.90. The van der Waals surface area contributed by atoms with E-state index in [-0.39, 0.29) is 5.75 Å². The first kappa shape index (κ1) is 28.7. The van der Waals surface area contributed by atoms with Crippen LogP contribution in [0.25, 0.3) is 12.2 Å². The number of benzene rings is 3. The van der Waals surface area contributed by atoms with Crippen molar-refractivity contribution in [3.05, 3.63) is 70.8 Å². The smallest absolute Gasteiger partial charge is 0.416 e. The number of rotatable bonds is 10. The second-order valence-electron chi connectivity index (χ2n) is 7.98. The van der Waals surface area contributed by atoms with Gasteiger partial charge in [0.25, 0.3) is 0 Å². The van der Waals surface area contributed by atoms with Gasteiger partial charge >= 0.3 is 6.18 Å². The molecule has 0 radical (unpaired) electrons. The van der Waals surface area contributed by atoms with Crippen LogP contribution >= 0.6 is 0 Å². The summed E-state index contributed by atoms with van der Waals surface area (Å²) in [5.74, 6) is 1.29. The van der Waals surface area contributed by atoms with Crippen LogP contribution in [-0.2, 0) is 21.8 Å². The first-order valence-corrected chi connectivity index (χ1v) is 12.8. The number of sulfone groups is 1. The molecule has 204 valence electrons. The molecule has 0 aliphatic rings. The van der Waals surface area contributed by atoms with Crippen molar-refractivity contribution in [2.75, 3.05) is 35.5 Å². The van der Waals surface area contributed by atoms with Crippen LogP contribution in [0, 0.1) is 0 Å². The van der Waals surface area contributed by atoms with Gasteiger partial charge < -0.3 is 23.7 Å². The monoisotopic (exact) mass is 552 g/mol. The van der Waals surface area contributed by atoms with E-state index in [1.54, 1.807) is 30.4 Å². The van der Waals surface area contributed by atoms with Crippen LogP contribution in [0.15, 0.2) is 53.4 Å². The number of hydrogen-bond acceptors (Lipinski definition) is 7. The van der Waals surface area contributed by atoms with E-state index in [2.05, 4.69) is 0 Å². The van der Waals surface area contributed by atoms with E-state index in [9.17, 15) is 21.6 Å². The Kier molecular flexibility index (Phi) is 8.82. The van der Waals surface area contributed by atoms with Crippen LogP contribution in [-0.4, -0.2) is 44.0 Å². The lowest BCUT2D eigenvalue weighted by atomic mass is 10.1. The van der Waals surface area contributed by atoms with Crippen molar-refractivity contribution in [2.24, 2.45) is 0 Å². The highest BCUT2D eigenvalue weighted by atomic mass is 32.2. The minimum Gasteiger partial charge on any atom is -0.493 e. The Labute approximate surface area is 219 Å². The van der Waals surface area contributed by atoms with Gasteiger partial charge in [-0.1, -0.05) is 18.2 Å². The summed E-state index contributed by atoms with van der Waals surface area (Å²) in [6.07, 6.45) is -1.32. The van der Waals surface area contributed by atoms with E-state index in [1.807, 2.05) is 0 Å². The van der Waals surface area contributed by atoms with Gasteiger partial charge in [0.05, 0.1) is 51.8 Å². The van der Waals surface area contributed by atoms with E-state index in [0.29, 0.717) is 45.8 Å². The molecule has 3 aromatic rings. The third kappa shape index (κ3) is 6.34. The number of ether oxygens (including phenoxy) is 5. The SMILES string of the molecule is COc1cc(/C=C\c2cc(OC)c(OC)c(OC)c2)c(CS(=O)(=O)c2cccc(C(F)(F)F)c2)cc1OC. The molecule has 11 heteroatoms. The van der Waals surface area contributed by atoms with Gasteiger partial charge in [-0.3, -0.25) is 0 Å². The van der Waals surface area contributed by atoms with Crippen LogP contribution in [0.5, 0.6) is 28.7 Å². The van der Waals surface area contributed by atoms with Gasteiger partial charge in [0, 0.05) is 0 Å². The number of alkyl halides is 3. The maximum atomic E-state index is 13.2. The zero-order valence-electron chi connectivity index (χ0n) is 21.4. The minimum atomic E-state index is -4.68. The predicted octanol–water partition coefficient (Wildman–Crippen LogP) is 5.89. The third-order valence-electron chi connectivity index (χ3n) is 5.65. The summed E-state index contributed by atoms with van der Waals surface area (Å²) in [4.78, 5) is -0.443.